The fraction of sp³-hybridized carbons (Fsp3) is 0.812. The Kier molecular flexibility index (Phi) is 5.50. The minimum absolute atomic E-state index is 0.530. The van der Waals surface area contributed by atoms with Gasteiger partial charge in [-0.25, -0.2) is 0 Å². The number of nitrogens with one attached hydrogen (secondary N) is 1. The van der Waals surface area contributed by atoms with E-state index < -0.39 is 0 Å². The largest absolute Gasteiger partial charge is 0.314 e. The zero-order chi connectivity index (χ0) is 14.7. The molecule has 0 saturated heterocycles. The smallest absolute Gasteiger partial charge is 0.0850 e. The Morgan fingerprint density at radius 2 is 2.15 bits per heavy atom. The minimum atomic E-state index is 0.530. The first-order valence-corrected chi connectivity index (χ1v) is 8.38. The van der Waals surface area contributed by atoms with Crippen molar-refractivity contribution in [2.75, 3.05) is 6.54 Å². The molecule has 3 unspecified atom stereocenters. The monoisotopic (exact) mass is 297 g/mol. The van der Waals surface area contributed by atoms with Crippen molar-refractivity contribution in [3.8, 4) is 0 Å². The molecule has 0 amide bonds. The van der Waals surface area contributed by atoms with Crippen LogP contribution in [-0.4, -0.2) is 22.4 Å². The number of hydrogen-bond acceptors (Lipinski definition) is 2. The summed E-state index contributed by atoms with van der Waals surface area (Å²) in [7, 11) is 2.01. The van der Waals surface area contributed by atoms with Crippen LogP contribution in [0.3, 0.4) is 0 Å². The first-order chi connectivity index (χ1) is 9.56. The highest BCUT2D eigenvalue weighted by atomic mass is 35.5. The average molecular weight is 298 g/mol. The van der Waals surface area contributed by atoms with Gasteiger partial charge in [0, 0.05) is 19.5 Å². The maximum absolute atomic E-state index is 6.50. The predicted molar refractivity (Wildman–Crippen MR) is 85.3 cm³/mol. The molecule has 0 bridgehead atoms. The first kappa shape index (κ1) is 15.8. The third-order valence-electron chi connectivity index (χ3n) is 4.69. The second-order valence-corrected chi connectivity index (χ2v) is 6.61. The molecule has 3 atom stereocenters. The number of likely N-dealkylation sites (N-methyl/N-ethyl adjacent to an activating group) is 1. The molecule has 1 fully saturated rings. The first-order valence-electron chi connectivity index (χ1n) is 8.00. The molecule has 0 radical (unpaired) electrons. The molecular weight excluding hydrogens is 270 g/mol. The van der Waals surface area contributed by atoms with Crippen LogP contribution in [0, 0.1) is 11.8 Å². The molecule has 0 spiro atoms. The van der Waals surface area contributed by atoms with Crippen molar-refractivity contribution in [3.63, 3.8) is 0 Å². The van der Waals surface area contributed by atoms with Crippen LogP contribution in [0.25, 0.3) is 0 Å². The normalized spacial score (nSPS) is 24.2. The average Bonchev–Trinajstić information content (AvgIpc) is 2.96. The summed E-state index contributed by atoms with van der Waals surface area (Å²) < 4.78 is 1.98. The van der Waals surface area contributed by atoms with Gasteiger partial charge >= 0.3 is 0 Å². The van der Waals surface area contributed by atoms with E-state index in [4.69, 9.17) is 11.6 Å². The van der Waals surface area contributed by atoms with Crippen LogP contribution in [-0.2, 0) is 19.9 Å². The van der Waals surface area contributed by atoms with Gasteiger partial charge in [0.05, 0.1) is 16.4 Å². The van der Waals surface area contributed by atoms with Crippen molar-refractivity contribution in [1.82, 2.24) is 15.1 Å². The van der Waals surface area contributed by atoms with Crippen LogP contribution in [0.15, 0.2) is 0 Å². The zero-order valence-corrected chi connectivity index (χ0v) is 14.0. The fourth-order valence-electron chi connectivity index (χ4n) is 3.53. The van der Waals surface area contributed by atoms with E-state index in [1.54, 1.807) is 0 Å². The van der Waals surface area contributed by atoms with E-state index >= 15 is 0 Å². The number of aryl methyl sites for hydroxylation is 2. The quantitative estimate of drug-likeness (QED) is 0.869. The van der Waals surface area contributed by atoms with Crippen LogP contribution >= 0.6 is 11.6 Å². The molecule has 20 heavy (non-hydrogen) atoms. The van der Waals surface area contributed by atoms with E-state index in [9.17, 15) is 0 Å². The topological polar surface area (TPSA) is 29.9 Å². The number of nitrogens with zero attached hydrogens (tertiary/aromatic N) is 2. The number of rotatable bonds is 6. The lowest BCUT2D eigenvalue weighted by Gasteiger charge is -2.24. The third-order valence-corrected chi connectivity index (χ3v) is 5.12. The van der Waals surface area contributed by atoms with Crippen molar-refractivity contribution in [1.29, 1.82) is 0 Å². The van der Waals surface area contributed by atoms with Crippen LogP contribution in [0.1, 0.15) is 51.4 Å². The molecule has 0 aromatic carbocycles. The second-order valence-electron chi connectivity index (χ2n) is 6.23. The van der Waals surface area contributed by atoms with Gasteiger partial charge in [-0.05, 0) is 37.6 Å². The van der Waals surface area contributed by atoms with Gasteiger partial charge in [-0.3, -0.25) is 4.68 Å². The van der Waals surface area contributed by atoms with Gasteiger partial charge in [0.2, 0.25) is 0 Å². The molecule has 2 rings (SSSR count). The molecule has 4 heteroatoms. The third kappa shape index (κ3) is 3.37. The zero-order valence-electron chi connectivity index (χ0n) is 13.2. The van der Waals surface area contributed by atoms with E-state index in [0.29, 0.717) is 6.04 Å². The van der Waals surface area contributed by atoms with Gasteiger partial charge in [-0.1, -0.05) is 38.8 Å². The van der Waals surface area contributed by atoms with E-state index in [1.807, 2.05) is 11.7 Å². The molecule has 0 aliphatic heterocycles. The summed E-state index contributed by atoms with van der Waals surface area (Å²) >= 11 is 6.50. The molecule has 1 heterocycles. The Bertz CT molecular complexity index is 441. The highest BCUT2D eigenvalue weighted by Gasteiger charge is 2.30. The van der Waals surface area contributed by atoms with Crippen LogP contribution < -0.4 is 5.32 Å². The van der Waals surface area contributed by atoms with Gasteiger partial charge in [0.15, 0.2) is 0 Å². The highest BCUT2D eigenvalue weighted by molar-refractivity contribution is 6.31. The summed E-state index contributed by atoms with van der Waals surface area (Å²) in [5, 5.41) is 9.09. The molecule has 1 aromatic heterocycles. The summed E-state index contributed by atoms with van der Waals surface area (Å²) in [5.74, 6) is 1.65. The van der Waals surface area contributed by atoms with Crippen molar-refractivity contribution in [2.24, 2.45) is 18.9 Å². The van der Waals surface area contributed by atoms with Gasteiger partial charge in [-0.2, -0.15) is 5.10 Å². The van der Waals surface area contributed by atoms with Gasteiger partial charge in [0.1, 0.15) is 0 Å². The molecular formula is C16H28ClN3. The molecule has 1 N–H and O–H groups in total. The van der Waals surface area contributed by atoms with Crippen molar-refractivity contribution >= 4 is 11.6 Å². The van der Waals surface area contributed by atoms with Gasteiger partial charge < -0.3 is 5.32 Å². The molecule has 3 nitrogen and oxygen atoms in total. The summed E-state index contributed by atoms with van der Waals surface area (Å²) in [4.78, 5) is 0. The van der Waals surface area contributed by atoms with Gasteiger partial charge in [-0.15, -0.1) is 0 Å². The lowest BCUT2D eigenvalue weighted by molar-refractivity contribution is 0.348. The Morgan fingerprint density at radius 3 is 2.65 bits per heavy atom. The molecule has 1 aromatic rings. The van der Waals surface area contributed by atoms with E-state index in [-0.39, 0.29) is 0 Å². The Balaban J connectivity index is 2.13. The van der Waals surface area contributed by atoms with Crippen LogP contribution in [0.4, 0.5) is 0 Å². The van der Waals surface area contributed by atoms with E-state index in [0.717, 1.165) is 41.9 Å². The summed E-state index contributed by atoms with van der Waals surface area (Å²) in [6, 6.07) is 0.530. The standard InChI is InChI=1S/C16H28ClN3/c1-5-13-16(17)15(20(4)19-13)10-14(18-6-2)12-8-7-11(3)9-12/h11-12,14,18H,5-10H2,1-4H3. The Hall–Kier alpha value is -0.540. The second kappa shape index (κ2) is 6.95. The lowest BCUT2D eigenvalue weighted by atomic mass is 9.93. The van der Waals surface area contributed by atoms with Crippen molar-refractivity contribution < 1.29 is 0 Å². The summed E-state index contributed by atoms with van der Waals surface area (Å²) in [6.45, 7) is 7.69. The number of halogens is 1. The van der Waals surface area contributed by atoms with Crippen LogP contribution in [0.5, 0.6) is 0 Å². The predicted octanol–water partition coefficient (Wildman–Crippen LogP) is 3.59. The molecule has 114 valence electrons. The van der Waals surface area contributed by atoms with Crippen molar-refractivity contribution in [3.05, 3.63) is 16.4 Å². The maximum Gasteiger partial charge on any atom is 0.0850 e. The summed E-state index contributed by atoms with van der Waals surface area (Å²) in [5.41, 5.74) is 2.22. The lowest BCUT2D eigenvalue weighted by Crippen LogP contribution is -2.37. The van der Waals surface area contributed by atoms with E-state index in [1.165, 1.54) is 25.0 Å². The van der Waals surface area contributed by atoms with E-state index in [2.05, 4.69) is 31.2 Å². The van der Waals surface area contributed by atoms with Gasteiger partial charge in [0.25, 0.3) is 0 Å². The fourth-order valence-corrected chi connectivity index (χ4v) is 3.91. The Labute approximate surface area is 128 Å². The van der Waals surface area contributed by atoms with Crippen LogP contribution in [0.2, 0.25) is 5.02 Å². The number of hydrogen-bond donors (Lipinski definition) is 1. The molecule has 1 saturated carbocycles. The Morgan fingerprint density at radius 1 is 1.40 bits per heavy atom. The highest BCUT2D eigenvalue weighted by Crippen LogP contribution is 2.34. The summed E-state index contributed by atoms with van der Waals surface area (Å²) in [6.07, 6.45) is 5.95. The molecule has 1 aliphatic carbocycles. The number of aromatic nitrogens is 2. The van der Waals surface area contributed by atoms with Crippen molar-refractivity contribution in [2.45, 2.75) is 58.9 Å². The maximum atomic E-state index is 6.50. The SMILES string of the molecule is CCNC(Cc1c(Cl)c(CC)nn1C)C1CCC(C)C1. The molecule has 1 aliphatic rings. The minimum Gasteiger partial charge on any atom is -0.314 e.